The van der Waals surface area contributed by atoms with Crippen molar-refractivity contribution >= 4 is 10.3 Å². The van der Waals surface area contributed by atoms with Crippen molar-refractivity contribution in [3.05, 3.63) is 0 Å². The predicted molar refractivity (Wildman–Crippen MR) is 109 cm³/mol. The van der Waals surface area contributed by atoms with Crippen molar-refractivity contribution in [2.75, 3.05) is 6.54 Å². The average Bonchev–Trinajstić information content (AvgIpc) is 2.53. The summed E-state index contributed by atoms with van der Waals surface area (Å²) in [5, 5.41) is 3.88. The van der Waals surface area contributed by atoms with Gasteiger partial charge in [-0.1, -0.05) is 110 Å². The first-order valence-electron chi connectivity index (χ1n) is 10.4. The van der Waals surface area contributed by atoms with Crippen LogP contribution >= 0.6 is 0 Å². The van der Waals surface area contributed by atoms with Gasteiger partial charge < -0.3 is 5.73 Å². The van der Waals surface area contributed by atoms with Crippen molar-refractivity contribution < 1.29 is 13.0 Å². The molecule has 0 radical (unpaired) electrons. The zero-order valence-electron chi connectivity index (χ0n) is 16.6. The molecule has 0 saturated carbocycles. The molecule has 0 bridgehead atoms. The van der Waals surface area contributed by atoms with Crippen LogP contribution in [0.3, 0.4) is 0 Å². The Hall–Kier alpha value is -0.170. The lowest BCUT2D eigenvalue weighted by molar-refractivity contribution is 0.485. The Balaban J connectivity index is 0. The Bertz CT molecular complexity index is 310. The molecule has 6 heteroatoms. The minimum absolute atomic E-state index is 0.874. The van der Waals surface area contributed by atoms with Crippen LogP contribution in [-0.4, -0.2) is 19.5 Å². The Morgan fingerprint density at radius 2 is 0.800 bits per heavy atom. The van der Waals surface area contributed by atoms with E-state index in [1.807, 2.05) is 0 Å². The van der Waals surface area contributed by atoms with E-state index in [9.17, 15) is 0 Å². The zero-order chi connectivity index (χ0) is 19.2. The summed E-state index contributed by atoms with van der Waals surface area (Å²) < 4.78 is 25.2. The van der Waals surface area contributed by atoms with Gasteiger partial charge in [-0.05, 0) is 13.0 Å². The Kier molecular flexibility index (Phi) is 23.7. The largest absolute Gasteiger partial charge is 0.330 e. The molecule has 0 aliphatic carbocycles. The molecule has 25 heavy (non-hydrogen) atoms. The van der Waals surface area contributed by atoms with Gasteiger partial charge in [-0.25, -0.2) is 5.14 Å². The van der Waals surface area contributed by atoms with Crippen LogP contribution in [0.1, 0.15) is 116 Å². The second kappa shape index (κ2) is 21.9. The van der Waals surface area contributed by atoms with E-state index in [4.69, 9.17) is 18.7 Å². The van der Waals surface area contributed by atoms with E-state index in [2.05, 4.69) is 12.1 Å². The van der Waals surface area contributed by atoms with Crippen molar-refractivity contribution in [2.45, 2.75) is 116 Å². The molecule has 5 nitrogen and oxygen atoms in total. The lowest BCUT2D eigenvalue weighted by Crippen LogP contribution is -2.08. The third-order valence-electron chi connectivity index (χ3n) is 4.31. The summed E-state index contributed by atoms with van der Waals surface area (Å²) in [4.78, 5) is 0. The number of unbranched alkanes of at least 4 members (excludes halogenated alkanes) is 16. The van der Waals surface area contributed by atoms with Crippen LogP contribution < -0.4 is 10.9 Å². The van der Waals surface area contributed by atoms with Gasteiger partial charge in [0.15, 0.2) is 0 Å². The molecule has 0 spiro atoms. The number of hydrogen-bond donors (Lipinski definition) is 3. The van der Waals surface area contributed by atoms with Crippen LogP contribution in [0.2, 0.25) is 0 Å². The maximum Gasteiger partial charge on any atom is 0.330 e. The fourth-order valence-corrected chi connectivity index (χ4v) is 2.87. The first kappa shape index (κ1) is 27.1. The van der Waals surface area contributed by atoms with Crippen molar-refractivity contribution in [3.8, 4) is 0 Å². The fourth-order valence-electron chi connectivity index (χ4n) is 2.87. The monoisotopic (exact) mass is 380 g/mol. The van der Waals surface area contributed by atoms with Gasteiger partial charge in [-0.15, -0.1) is 0 Å². The Morgan fingerprint density at radius 3 is 1.00 bits per heavy atom. The fraction of sp³-hybridized carbons (Fsp3) is 1.00. The molecule has 0 atom stereocenters. The van der Waals surface area contributed by atoms with Crippen molar-refractivity contribution in [1.82, 2.24) is 0 Å². The molecular weight excluding hydrogens is 336 g/mol. The summed E-state index contributed by atoms with van der Waals surface area (Å²) in [7, 11) is -4.17. The molecule has 0 aromatic rings. The topological polar surface area (TPSA) is 106 Å². The van der Waals surface area contributed by atoms with Gasteiger partial charge in [-0.2, -0.15) is 8.42 Å². The van der Waals surface area contributed by atoms with Gasteiger partial charge in [0.1, 0.15) is 0 Å². The summed E-state index contributed by atoms with van der Waals surface area (Å²) in [5.41, 5.74) is 5.49. The maximum atomic E-state index is 8.97. The SMILES string of the molecule is CCCCCCCCCCCCCCCCCCCN.NS(=O)(=O)O. The summed E-state index contributed by atoms with van der Waals surface area (Å²) in [6.45, 7) is 3.17. The highest BCUT2D eigenvalue weighted by molar-refractivity contribution is 7.83. The second-order valence-corrected chi connectivity index (χ2v) is 7.99. The molecule has 0 unspecified atom stereocenters. The van der Waals surface area contributed by atoms with Gasteiger partial charge in [0, 0.05) is 0 Å². The summed E-state index contributed by atoms with van der Waals surface area (Å²) in [5.74, 6) is 0. The summed E-state index contributed by atoms with van der Waals surface area (Å²) in [6.07, 6.45) is 24.3. The standard InChI is InChI=1S/C19H41N.H3NO3S/c1-2-3-4-5-6-7-8-9-10-11-12-13-14-15-16-17-18-19-20;1-5(2,3)4/h2-20H2,1H3;(H3,1,2,3,4). The number of rotatable bonds is 17. The highest BCUT2D eigenvalue weighted by Crippen LogP contribution is 2.13. The van der Waals surface area contributed by atoms with Crippen molar-refractivity contribution in [3.63, 3.8) is 0 Å². The van der Waals surface area contributed by atoms with Crippen LogP contribution in [0.15, 0.2) is 0 Å². The molecule has 0 saturated heterocycles. The van der Waals surface area contributed by atoms with Gasteiger partial charge >= 0.3 is 10.3 Å². The molecule has 5 N–H and O–H groups in total. The zero-order valence-corrected chi connectivity index (χ0v) is 17.4. The maximum absolute atomic E-state index is 8.97. The molecule has 0 aromatic carbocycles. The first-order chi connectivity index (χ1) is 11.9. The van der Waals surface area contributed by atoms with E-state index in [0.717, 1.165) is 6.54 Å². The van der Waals surface area contributed by atoms with Crippen LogP contribution in [0.5, 0.6) is 0 Å². The van der Waals surface area contributed by atoms with E-state index in [1.165, 1.54) is 109 Å². The highest BCUT2D eigenvalue weighted by atomic mass is 32.2. The van der Waals surface area contributed by atoms with E-state index < -0.39 is 10.3 Å². The van der Waals surface area contributed by atoms with E-state index in [0.29, 0.717) is 0 Å². The third kappa shape index (κ3) is 40.1. The van der Waals surface area contributed by atoms with Crippen LogP contribution in [0, 0.1) is 0 Å². The number of nitrogens with two attached hydrogens (primary N) is 2. The molecule has 0 aliphatic heterocycles. The Labute approximate surface area is 157 Å². The van der Waals surface area contributed by atoms with E-state index in [-0.39, 0.29) is 0 Å². The molecule has 0 heterocycles. The summed E-state index contributed by atoms with van der Waals surface area (Å²) in [6, 6.07) is 0. The molecule has 0 fully saturated rings. The molecule has 0 rings (SSSR count). The molecule has 0 aromatic heterocycles. The smallest absolute Gasteiger partial charge is 0.330 e. The third-order valence-corrected chi connectivity index (χ3v) is 4.31. The van der Waals surface area contributed by atoms with Gasteiger partial charge in [0.25, 0.3) is 0 Å². The average molecular weight is 381 g/mol. The number of hydrogen-bond acceptors (Lipinski definition) is 3. The van der Waals surface area contributed by atoms with Gasteiger partial charge in [-0.3, -0.25) is 4.55 Å². The minimum atomic E-state index is -4.17. The first-order valence-corrected chi connectivity index (χ1v) is 11.9. The van der Waals surface area contributed by atoms with Crippen LogP contribution in [-0.2, 0) is 10.3 Å². The normalized spacial score (nSPS) is 11.2. The lowest BCUT2D eigenvalue weighted by Gasteiger charge is -2.03. The van der Waals surface area contributed by atoms with Crippen molar-refractivity contribution in [1.29, 1.82) is 0 Å². The summed E-state index contributed by atoms with van der Waals surface area (Å²) >= 11 is 0. The second-order valence-electron chi connectivity index (χ2n) is 6.96. The predicted octanol–water partition coefficient (Wildman–Crippen LogP) is 5.34. The molecule has 154 valence electrons. The lowest BCUT2D eigenvalue weighted by atomic mass is 10.0. The molecule has 0 amide bonds. The van der Waals surface area contributed by atoms with Gasteiger partial charge in [0.2, 0.25) is 0 Å². The minimum Gasteiger partial charge on any atom is -0.330 e. The van der Waals surface area contributed by atoms with Crippen LogP contribution in [0.25, 0.3) is 0 Å². The van der Waals surface area contributed by atoms with E-state index in [1.54, 1.807) is 0 Å². The molecule has 0 aliphatic rings. The Morgan fingerprint density at radius 1 is 0.600 bits per heavy atom. The van der Waals surface area contributed by atoms with Crippen LogP contribution in [0.4, 0.5) is 0 Å². The van der Waals surface area contributed by atoms with Crippen molar-refractivity contribution in [2.24, 2.45) is 10.9 Å². The van der Waals surface area contributed by atoms with E-state index >= 15 is 0 Å². The quantitative estimate of drug-likeness (QED) is 0.234. The molecular formula is C19H44N2O3S. The van der Waals surface area contributed by atoms with Gasteiger partial charge in [0.05, 0.1) is 0 Å². The highest BCUT2D eigenvalue weighted by Gasteiger charge is 1.94.